The maximum atomic E-state index is 13.2. The molecule has 0 heterocycles. The molecular weight excluding hydrogens is 285 g/mol. The second-order valence-corrected chi connectivity index (χ2v) is 4.83. The van der Waals surface area contributed by atoms with E-state index < -0.39 is 0 Å². The molecule has 0 spiro atoms. The van der Waals surface area contributed by atoms with Gasteiger partial charge in [-0.3, -0.25) is 4.79 Å². The number of hydrogen-bond donors (Lipinski definition) is 0. The topological polar surface area (TPSA) is 38.8 Å². The molecule has 4 nitrogen and oxygen atoms in total. The maximum absolute atomic E-state index is 13.2. The predicted octanol–water partition coefficient (Wildman–Crippen LogP) is 3.12. The van der Waals surface area contributed by atoms with Gasteiger partial charge in [0.2, 0.25) is 0 Å². The molecule has 1 amide bonds. The molecule has 2 aromatic carbocycles. The van der Waals surface area contributed by atoms with Crippen LogP contribution in [0.3, 0.4) is 0 Å². The first-order chi connectivity index (χ1) is 10.6. The first kappa shape index (κ1) is 15.8. The first-order valence-corrected chi connectivity index (χ1v) is 6.77. The Hall–Kier alpha value is -2.56. The van der Waals surface area contributed by atoms with Gasteiger partial charge in [-0.15, -0.1) is 0 Å². The quantitative estimate of drug-likeness (QED) is 0.852. The number of methoxy groups -OCH3 is 2. The van der Waals surface area contributed by atoms with Crippen molar-refractivity contribution in [3.05, 3.63) is 59.4 Å². The van der Waals surface area contributed by atoms with Gasteiger partial charge in [0.05, 0.1) is 19.8 Å². The van der Waals surface area contributed by atoms with Gasteiger partial charge in [-0.05, 0) is 29.8 Å². The number of benzene rings is 2. The Balaban J connectivity index is 2.24. The van der Waals surface area contributed by atoms with Crippen molar-refractivity contribution < 1.29 is 18.7 Å². The van der Waals surface area contributed by atoms with Gasteiger partial charge in [0.25, 0.3) is 5.91 Å². The molecule has 2 rings (SSSR count). The van der Waals surface area contributed by atoms with E-state index in [1.165, 1.54) is 31.3 Å². The van der Waals surface area contributed by atoms with Gasteiger partial charge in [0.1, 0.15) is 5.82 Å². The van der Waals surface area contributed by atoms with Crippen LogP contribution >= 0.6 is 0 Å². The Kier molecular flexibility index (Phi) is 4.99. The number of hydrogen-bond acceptors (Lipinski definition) is 3. The van der Waals surface area contributed by atoms with Crippen molar-refractivity contribution >= 4 is 5.91 Å². The molecule has 2 aromatic rings. The van der Waals surface area contributed by atoms with Crippen molar-refractivity contribution in [1.82, 2.24) is 4.90 Å². The molecule has 0 aromatic heterocycles. The Labute approximate surface area is 129 Å². The molecule has 0 bridgehead atoms. The number of rotatable bonds is 5. The largest absolute Gasteiger partial charge is 0.493 e. The van der Waals surface area contributed by atoms with Crippen LogP contribution in [0.2, 0.25) is 0 Å². The zero-order valence-electron chi connectivity index (χ0n) is 12.8. The van der Waals surface area contributed by atoms with Crippen LogP contribution in [0.4, 0.5) is 4.39 Å². The molecule has 0 aliphatic heterocycles. The van der Waals surface area contributed by atoms with Gasteiger partial charge < -0.3 is 14.4 Å². The third-order valence-corrected chi connectivity index (χ3v) is 3.29. The maximum Gasteiger partial charge on any atom is 0.257 e. The number of para-hydroxylation sites is 1. The monoisotopic (exact) mass is 303 g/mol. The third kappa shape index (κ3) is 3.36. The molecule has 0 N–H and O–H groups in total. The summed E-state index contributed by atoms with van der Waals surface area (Å²) in [5.74, 6) is 0.339. The highest BCUT2D eigenvalue weighted by Gasteiger charge is 2.19. The molecule has 0 atom stereocenters. The van der Waals surface area contributed by atoms with Gasteiger partial charge in [-0.25, -0.2) is 4.39 Å². The number of amides is 1. The van der Waals surface area contributed by atoms with E-state index in [0.29, 0.717) is 23.6 Å². The molecule has 0 radical (unpaired) electrons. The summed E-state index contributed by atoms with van der Waals surface area (Å²) >= 11 is 0. The highest BCUT2D eigenvalue weighted by atomic mass is 19.1. The van der Waals surface area contributed by atoms with E-state index in [4.69, 9.17) is 9.47 Å². The van der Waals surface area contributed by atoms with Crippen molar-refractivity contribution in [3.63, 3.8) is 0 Å². The lowest BCUT2D eigenvalue weighted by Gasteiger charge is -2.19. The van der Waals surface area contributed by atoms with Crippen molar-refractivity contribution in [2.45, 2.75) is 6.54 Å². The predicted molar refractivity (Wildman–Crippen MR) is 81.7 cm³/mol. The molecule has 0 unspecified atom stereocenters. The summed E-state index contributed by atoms with van der Waals surface area (Å²) in [7, 11) is 4.66. The van der Waals surface area contributed by atoms with Gasteiger partial charge in [-0.1, -0.05) is 18.2 Å². The molecule has 5 heteroatoms. The number of ether oxygens (including phenoxy) is 2. The lowest BCUT2D eigenvalue weighted by Crippen LogP contribution is -2.26. The molecule has 116 valence electrons. The Morgan fingerprint density at radius 2 is 1.86 bits per heavy atom. The molecule has 0 fully saturated rings. The highest BCUT2D eigenvalue weighted by Crippen LogP contribution is 2.31. The van der Waals surface area contributed by atoms with Gasteiger partial charge >= 0.3 is 0 Å². The number of nitrogens with zero attached hydrogens (tertiary/aromatic N) is 1. The fourth-order valence-corrected chi connectivity index (χ4v) is 2.24. The van der Waals surface area contributed by atoms with Crippen molar-refractivity contribution in [1.29, 1.82) is 0 Å². The smallest absolute Gasteiger partial charge is 0.257 e. The van der Waals surface area contributed by atoms with E-state index in [-0.39, 0.29) is 11.7 Å². The van der Waals surface area contributed by atoms with Crippen molar-refractivity contribution in [2.75, 3.05) is 21.3 Å². The molecule has 0 aliphatic carbocycles. The summed E-state index contributed by atoms with van der Waals surface area (Å²) in [6.07, 6.45) is 0. The van der Waals surface area contributed by atoms with Gasteiger partial charge in [0.15, 0.2) is 11.5 Å². The Bertz CT molecular complexity index is 673. The fourth-order valence-electron chi connectivity index (χ4n) is 2.24. The lowest BCUT2D eigenvalue weighted by atomic mass is 10.1. The number of carbonyl (C=O) groups excluding carboxylic acids is 1. The summed E-state index contributed by atoms with van der Waals surface area (Å²) in [5.41, 5.74) is 1.12. The van der Waals surface area contributed by atoms with Crippen molar-refractivity contribution in [3.8, 4) is 11.5 Å². The minimum Gasteiger partial charge on any atom is -0.493 e. The molecule has 0 saturated carbocycles. The van der Waals surface area contributed by atoms with E-state index in [2.05, 4.69) is 0 Å². The van der Waals surface area contributed by atoms with Crippen LogP contribution in [0.1, 0.15) is 15.9 Å². The fraction of sp³-hybridized carbons (Fsp3) is 0.235. The minimum atomic E-state index is -0.322. The van der Waals surface area contributed by atoms with Crippen LogP contribution in [0.5, 0.6) is 11.5 Å². The number of carbonyl (C=O) groups is 1. The minimum absolute atomic E-state index is 0.222. The van der Waals surface area contributed by atoms with Gasteiger partial charge in [0, 0.05) is 13.6 Å². The van der Waals surface area contributed by atoms with Crippen LogP contribution in [0.15, 0.2) is 42.5 Å². The van der Waals surface area contributed by atoms with Crippen LogP contribution in [0.25, 0.3) is 0 Å². The molecular formula is C17H18FNO3. The van der Waals surface area contributed by atoms with Crippen LogP contribution in [0, 0.1) is 5.82 Å². The molecule has 22 heavy (non-hydrogen) atoms. The normalized spacial score (nSPS) is 10.2. The molecule has 0 aliphatic rings. The summed E-state index contributed by atoms with van der Waals surface area (Å²) in [6, 6.07) is 11.3. The summed E-state index contributed by atoms with van der Waals surface area (Å²) < 4.78 is 23.7. The van der Waals surface area contributed by atoms with E-state index in [0.717, 1.165) is 5.56 Å². The van der Waals surface area contributed by atoms with Crippen molar-refractivity contribution in [2.24, 2.45) is 0 Å². The lowest BCUT2D eigenvalue weighted by molar-refractivity contribution is 0.0781. The van der Waals surface area contributed by atoms with E-state index in [1.807, 2.05) is 0 Å². The van der Waals surface area contributed by atoms with Crippen LogP contribution < -0.4 is 9.47 Å². The zero-order chi connectivity index (χ0) is 16.1. The van der Waals surface area contributed by atoms with E-state index in [1.54, 1.807) is 37.4 Å². The standard InChI is InChI=1S/C17H18FNO3/c1-19(11-12-6-4-7-13(18)10-12)17(20)14-8-5-9-15(21-2)16(14)22-3/h4-10H,11H2,1-3H3. The molecule has 0 saturated heterocycles. The number of halogens is 1. The average Bonchev–Trinajstić information content (AvgIpc) is 2.53. The Morgan fingerprint density at radius 1 is 1.14 bits per heavy atom. The zero-order valence-corrected chi connectivity index (χ0v) is 12.8. The highest BCUT2D eigenvalue weighted by molar-refractivity contribution is 5.97. The average molecular weight is 303 g/mol. The third-order valence-electron chi connectivity index (χ3n) is 3.29. The SMILES string of the molecule is COc1cccc(C(=O)N(C)Cc2cccc(F)c2)c1OC. The summed E-state index contributed by atoms with van der Waals surface area (Å²) in [6.45, 7) is 0.303. The summed E-state index contributed by atoms with van der Waals surface area (Å²) in [5, 5.41) is 0. The Morgan fingerprint density at radius 3 is 2.50 bits per heavy atom. The van der Waals surface area contributed by atoms with Crippen LogP contribution in [-0.2, 0) is 6.54 Å². The van der Waals surface area contributed by atoms with Gasteiger partial charge in [-0.2, -0.15) is 0 Å². The van der Waals surface area contributed by atoms with E-state index in [9.17, 15) is 9.18 Å². The van der Waals surface area contributed by atoms with E-state index >= 15 is 0 Å². The summed E-state index contributed by atoms with van der Waals surface area (Å²) in [4.78, 5) is 14.1. The van der Waals surface area contributed by atoms with Crippen LogP contribution in [-0.4, -0.2) is 32.1 Å². The first-order valence-electron chi connectivity index (χ1n) is 6.77. The second kappa shape index (κ2) is 6.93. The second-order valence-electron chi connectivity index (χ2n) is 4.83.